The van der Waals surface area contributed by atoms with Crippen molar-refractivity contribution in [2.75, 3.05) is 0 Å². The van der Waals surface area contributed by atoms with Crippen LogP contribution in [0.1, 0.15) is 11.3 Å². The molecular formula is C15H14ClN3. The number of benzene rings is 1. The summed E-state index contributed by atoms with van der Waals surface area (Å²) in [7, 11) is 0. The molecule has 0 saturated heterocycles. The van der Waals surface area contributed by atoms with Crippen molar-refractivity contribution in [2.24, 2.45) is 0 Å². The topological polar surface area (TPSA) is 40.7 Å². The van der Waals surface area contributed by atoms with Crippen LogP contribution in [0.5, 0.6) is 0 Å². The van der Waals surface area contributed by atoms with Crippen LogP contribution in [0, 0.1) is 0 Å². The Morgan fingerprint density at radius 2 is 2.11 bits per heavy atom. The molecule has 19 heavy (non-hydrogen) atoms. The van der Waals surface area contributed by atoms with Crippen LogP contribution in [0.3, 0.4) is 0 Å². The molecule has 2 N–H and O–H groups in total. The van der Waals surface area contributed by atoms with E-state index in [2.05, 4.69) is 15.3 Å². The number of fused-ring (bicyclic) bond motifs is 1. The van der Waals surface area contributed by atoms with Gasteiger partial charge in [-0.15, -0.1) is 0 Å². The van der Waals surface area contributed by atoms with Gasteiger partial charge in [0.05, 0.1) is 5.69 Å². The van der Waals surface area contributed by atoms with Crippen molar-refractivity contribution in [1.29, 1.82) is 0 Å². The molecule has 3 nitrogen and oxygen atoms in total. The number of nitrogens with one attached hydrogen (secondary N) is 2. The maximum Gasteiger partial charge on any atom is 0.0541 e. The zero-order valence-electron chi connectivity index (χ0n) is 10.4. The fraction of sp³-hybridized carbons (Fsp3) is 0.133. The second-order valence-electron chi connectivity index (χ2n) is 4.43. The van der Waals surface area contributed by atoms with Gasteiger partial charge >= 0.3 is 0 Å². The molecule has 2 aromatic heterocycles. The first kappa shape index (κ1) is 12.2. The van der Waals surface area contributed by atoms with E-state index in [0.29, 0.717) is 0 Å². The summed E-state index contributed by atoms with van der Waals surface area (Å²) in [6.07, 6.45) is 3.83. The molecule has 0 fully saturated rings. The van der Waals surface area contributed by atoms with E-state index >= 15 is 0 Å². The Kier molecular flexibility index (Phi) is 3.49. The fourth-order valence-electron chi connectivity index (χ4n) is 2.13. The van der Waals surface area contributed by atoms with Gasteiger partial charge in [-0.1, -0.05) is 23.7 Å². The second kappa shape index (κ2) is 5.43. The molecule has 0 unspecified atom stereocenters. The third kappa shape index (κ3) is 2.78. The van der Waals surface area contributed by atoms with Crippen molar-refractivity contribution < 1.29 is 0 Å². The van der Waals surface area contributed by atoms with E-state index in [1.54, 1.807) is 0 Å². The summed E-state index contributed by atoms with van der Waals surface area (Å²) in [5.74, 6) is 0. The Labute approximate surface area is 116 Å². The van der Waals surface area contributed by atoms with Crippen molar-refractivity contribution >= 4 is 22.5 Å². The Morgan fingerprint density at radius 1 is 1.16 bits per heavy atom. The highest BCUT2D eigenvalue weighted by Crippen LogP contribution is 2.21. The molecule has 0 saturated carbocycles. The van der Waals surface area contributed by atoms with Gasteiger partial charge in [0.15, 0.2) is 0 Å². The third-order valence-corrected chi connectivity index (χ3v) is 3.31. The van der Waals surface area contributed by atoms with Crippen molar-refractivity contribution in [3.05, 3.63) is 65.1 Å². The van der Waals surface area contributed by atoms with E-state index in [4.69, 9.17) is 11.6 Å². The predicted octanol–water partition coefficient (Wildman–Crippen LogP) is 3.51. The van der Waals surface area contributed by atoms with Crippen molar-refractivity contribution in [3.63, 3.8) is 0 Å². The monoisotopic (exact) mass is 271 g/mol. The van der Waals surface area contributed by atoms with Gasteiger partial charge in [-0.3, -0.25) is 4.98 Å². The molecular weight excluding hydrogens is 258 g/mol. The highest BCUT2D eigenvalue weighted by molar-refractivity contribution is 6.31. The number of rotatable bonds is 4. The minimum atomic E-state index is 0.752. The second-order valence-corrected chi connectivity index (χ2v) is 4.86. The summed E-state index contributed by atoms with van der Waals surface area (Å²) >= 11 is 5.97. The van der Waals surface area contributed by atoms with Crippen LogP contribution in [0.15, 0.2) is 48.8 Å². The Bertz CT molecular complexity index is 676. The lowest BCUT2D eigenvalue weighted by molar-refractivity contribution is 0.682. The van der Waals surface area contributed by atoms with E-state index < -0.39 is 0 Å². The molecule has 0 amide bonds. The van der Waals surface area contributed by atoms with Gasteiger partial charge in [0.25, 0.3) is 0 Å². The molecule has 2 heterocycles. The van der Waals surface area contributed by atoms with Crippen LogP contribution in [0.25, 0.3) is 10.9 Å². The summed E-state index contributed by atoms with van der Waals surface area (Å²) in [6.45, 7) is 1.57. The van der Waals surface area contributed by atoms with Gasteiger partial charge in [-0.05, 0) is 29.8 Å². The first-order valence-corrected chi connectivity index (χ1v) is 6.57. The minimum absolute atomic E-state index is 0.752. The van der Waals surface area contributed by atoms with Crippen LogP contribution < -0.4 is 5.32 Å². The molecule has 3 aromatic rings. The van der Waals surface area contributed by atoms with E-state index in [1.807, 2.05) is 48.8 Å². The largest absolute Gasteiger partial charge is 0.361 e. The molecule has 0 bridgehead atoms. The Hall–Kier alpha value is -1.84. The lowest BCUT2D eigenvalue weighted by Crippen LogP contribution is -2.13. The standard InChI is InChI=1S/C15H14ClN3/c16-12-4-5-14-11(9-19-15(14)7-12)8-17-10-13-3-1-2-6-18-13/h1-7,9,17,19H,8,10H2. The van der Waals surface area contributed by atoms with Crippen LogP contribution in [-0.4, -0.2) is 9.97 Å². The third-order valence-electron chi connectivity index (χ3n) is 3.08. The zero-order valence-corrected chi connectivity index (χ0v) is 11.1. The lowest BCUT2D eigenvalue weighted by atomic mass is 10.2. The summed E-state index contributed by atoms with van der Waals surface area (Å²) in [5, 5.41) is 5.35. The SMILES string of the molecule is Clc1ccc2c(CNCc3ccccn3)c[nH]c2c1. The van der Waals surface area contributed by atoms with Gasteiger partial charge in [0, 0.05) is 41.4 Å². The van der Waals surface area contributed by atoms with Crippen molar-refractivity contribution in [2.45, 2.75) is 13.1 Å². The maximum atomic E-state index is 5.97. The van der Waals surface area contributed by atoms with Crippen molar-refractivity contribution in [1.82, 2.24) is 15.3 Å². The maximum absolute atomic E-state index is 5.97. The molecule has 1 aromatic carbocycles. The molecule has 0 radical (unpaired) electrons. The first-order chi connectivity index (χ1) is 9.33. The smallest absolute Gasteiger partial charge is 0.0541 e. The summed E-state index contributed by atoms with van der Waals surface area (Å²) in [5.41, 5.74) is 3.36. The molecule has 0 aliphatic carbocycles. The number of aromatic nitrogens is 2. The molecule has 0 spiro atoms. The number of halogens is 1. The highest BCUT2D eigenvalue weighted by atomic mass is 35.5. The van der Waals surface area contributed by atoms with Gasteiger partial charge in [-0.25, -0.2) is 0 Å². The van der Waals surface area contributed by atoms with Crippen LogP contribution >= 0.6 is 11.6 Å². The van der Waals surface area contributed by atoms with E-state index in [-0.39, 0.29) is 0 Å². The molecule has 0 atom stereocenters. The zero-order chi connectivity index (χ0) is 13.1. The Morgan fingerprint density at radius 3 is 2.95 bits per heavy atom. The number of hydrogen-bond acceptors (Lipinski definition) is 2. The van der Waals surface area contributed by atoms with E-state index in [1.165, 1.54) is 10.9 Å². The molecule has 4 heteroatoms. The van der Waals surface area contributed by atoms with Crippen LogP contribution in [-0.2, 0) is 13.1 Å². The summed E-state index contributed by atoms with van der Waals surface area (Å²) < 4.78 is 0. The van der Waals surface area contributed by atoms with Gasteiger partial charge < -0.3 is 10.3 Å². The number of aromatic amines is 1. The average Bonchev–Trinajstić information content (AvgIpc) is 2.82. The minimum Gasteiger partial charge on any atom is -0.361 e. The Balaban J connectivity index is 1.69. The number of H-pyrrole nitrogens is 1. The van der Waals surface area contributed by atoms with E-state index in [0.717, 1.165) is 29.3 Å². The average molecular weight is 272 g/mol. The molecule has 0 aliphatic rings. The summed E-state index contributed by atoms with van der Waals surface area (Å²) in [4.78, 5) is 7.52. The number of nitrogens with zero attached hydrogens (tertiary/aromatic N) is 1. The molecule has 3 rings (SSSR count). The number of pyridine rings is 1. The summed E-state index contributed by atoms with van der Waals surface area (Å²) in [6, 6.07) is 11.8. The predicted molar refractivity (Wildman–Crippen MR) is 78.1 cm³/mol. The lowest BCUT2D eigenvalue weighted by Gasteiger charge is -2.03. The van der Waals surface area contributed by atoms with Crippen molar-refractivity contribution in [3.8, 4) is 0 Å². The van der Waals surface area contributed by atoms with Crippen LogP contribution in [0.4, 0.5) is 0 Å². The van der Waals surface area contributed by atoms with Gasteiger partial charge in [-0.2, -0.15) is 0 Å². The quantitative estimate of drug-likeness (QED) is 0.762. The normalized spacial score (nSPS) is 11.0. The first-order valence-electron chi connectivity index (χ1n) is 6.19. The highest BCUT2D eigenvalue weighted by Gasteiger charge is 2.03. The van der Waals surface area contributed by atoms with Gasteiger partial charge in [0.2, 0.25) is 0 Å². The van der Waals surface area contributed by atoms with Crippen LogP contribution in [0.2, 0.25) is 5.02 Å². The van der Waals surface area contributed by atoms with E-state index in [9.17, 15) is 0 Å². The molecule has 0 aliphatic heterocycles. The molecule has 96 valence electrons. The van der Waals surface area contributed by atoms with Gasteiger partial charge in [0.1, 0.15) is 0 Å². The number of hydrogen-bond donors (Lipinski definition) is 2. The fourth-order valence-corrected chi connectivity index (χ4v) is 2.30.